The topological polar surface area (TPSA) is 28.4 Å². The molecule has 3 nitrogen and oxygen atoms in total. The number of nitrogens with zero attached hydrogens (tertiary/aromatic N) is 1. The molecule has 3 unspecified atom stereocenters. The van der Waals surface area contributed by atoms with E-state index in [4.69, 9.17) is 4.42 Å². The van der Waals surface area contributed by atoms with Gasteiger partial charge in [-0.1, -0.05) is 12.2 Å². The number of furan rings is 1. The minimum absolute atomic E-state index is 0.615. The second-order valence-electron chi connectivity index (χ2n) is 8.11. The molecule has 1 N–H and O–H groups in total. The van der Waals surface area contributed by atoms with Crippen molar-refractivity contribution in [3.05, 3.63) is 35.3 Å². The number of rotatable bonds is 2. The highest BCUT2D eigenvalue weighted by atomic mass is 16.3. The smallest absolute Gasteiger partial charge is 0.107 e. The average molecular weight is 329 g/mol. The van der Waals surface area contributed by atoms with Crippen LogP contribution in [0, 0.1) is 5.92 Å². The van der Waals surface area contributed by atoms with Gasteiger partial charge in [0.1, 0.15) is 11.5 Å². The summed E-state index contributed by atoms with van der Waals surface area (Å²) in [6, 6.07) is 3.04. The summed E-state index contributed by atoms with van der Waals surface area (Å²) in [6.07, 6.45) is 14.5. The third kappa shape index (κ3) is 3.62. The van der Waals surface area contributed by atoms with Crippen molar-refractivity contribution in [2.24, 2.45) is 5.92 Å². The van der Waals surface area contributed by atoms with Crippen molar-refractivity contribution < 1.29 is 4.42 Å². The minimum atomic E-state index is 0.615. The fourth-order valence-electron chi connectivity index (χ4n) is 4.77. The van der Waals surface area contributed by atoms with E-state index >= 15 is 0 Å². The normalized spacial score (nSPS) is 32.1. The lowest BCUT2D eigenvalue weighted by Crippen LogP contribution is -2.48. The SMILES string of the molecule is CN1CCCCNC(C2CCc3oc(C4CC=CCC4)cc3C2)C1. The maximum atomic E-state index is 6.28. The maximum Gasteiger partial charge on any atom is 0.107 e. The molecular weight excluding hydrogens is 296 g/mol. The first kappa shape index (κ1) is 16.4. The second-order valence-corrected chi connectivity index (χ2v) is 8.11. The highest BCUT2D eigenvalue weighted by molar-refractivity contribution is 5.28. The van der Waals surface area contributed by atoms with Crippen molar-refractivity contribution in [1.29, 1.82) is 0 Å². The lowest BCUT2D eigenvalue weighted by Gasteiger charge is -2.35. The predicted octanol–water partition coefficient (Wildman–Crippen LogP) is 3.89. The van der Waals surface area contributed by atoms with Crippen LogP contribution in [0.15, 0.2) is 22.6 Å². The van der Waals surface area contributed by atoms with Gasteiger partial charge in [-0.05, 0) is 82.6 Å². The standard InChI is InChI=1S/C21H32N2O/c1-23-12-6-5-11-22-19(15-23)17-9-10-20-18(13-17)14-21(24-20)16-7-3-2-4-8-16/h2-3,14,16-17,19,22H,4-13,15H2,1H3. The number of fused-ring (bicyclic) bond motifs is 1. The Kier molecular flexibility index (Phi) is 5.09. The van der Waals surface area contributed by atoms with Gasteiger partial charge in [-0.3, -0.25) is 0 Å². The van der Waals surface area contributed by atoms with E-state index in [1.54, 1.807) is 0 Å². The molecule has 1 fully saturated rings. The van der Waals surface area contributed by atoms with E-state index in [1.807, 2.05) is 0 Å². The van der Waals surface area contributed by atoms with Crippen LogP contribution in [0.4, 0.5) is 0 Å². The zero-order valence-electron chi connectivity index (χ0n) is 15.1. The predicted molar refractivity (Wildman–Crippen MR) is 98.5 cm³/mol. The van der Waals surface area contributed by atoms with E-state index in [1.165, 1.54) is 75.2 Å². The van der Waals surface area contributed by atoms with Crippen LogP contribution in [0.1, 0.15) is 61.5 Å². The number of aryl methyl sites for hydroxylation is 1. The van der Waals surface area contributed by atoms with Crippen LogP contribution in [0.25, 0.3) is 0 Å². The molecule has 0 saturated carbocycles. The first-order valence-electron chi connectivity index (χ1n) is 9.98. The van der Waals surface area contributed by atoms with Gasteiger partial charge in [-0.15, -0.1) is 0 Å². The minimum Gasteiger partial charge on any atom is -0.465 e. The van der Waals surface area contributed by atoms with Crippen LogP contribution in [0.3, 0.4) is 0 Å². The van der Waals surface area contributed by atoms with E-state index in [0.29, 0.717) is 12.0 Å². The second kappa shape index (κ2) is 7.45. The zero-order valence-corrected chi connectivity index (χ0v) is 15.1. The average Bonchev–Trinajstić information content (AvgIpc) is 3.02. The molecule has 24 heavy (non-hydrogen) atoms. The third-order valence-corrected chi connectivity index (χ3v) is 6.26. The summed E-state index contributed by atoms with van der Waals surface area (Å²) < 4.78 is 6.28. The molecule has 0 spiro atoms. The summed E-state index contributed by atoms with van der Waals surface area (Å²) in [5.74, 6) is 3.92. The van der Waals surface area contributed by atoms with Gasteiger partial charge in [0.2, 0.25) is 0 Å². The highest BCUT2D eigenvalue weighted by Crippen LogP contribution is 2.36. The van der Waals surface area contributed by atoms with Gasteiger partial charge in [-0.2, -0.15) is 0 Å². The number of hydrogen-bond acceptors (Lipinski definition) is 3. The Morgan fingerprint density at radius 1 is 1.21 bits per heavy atom. The maximum absolute atomic E-state index is 6.28. The molecule has 0 aromatic carbocycles. The third-order valence-electron chi connectivity index (χ3n) is 6.26. The molecule has 3 aliphatic rings. The Labute approximate surface area is 146 Å². The Bertz CT molecular complexity index is 576. The van der Waals surface area contributed by atoms with Crippen molar-refractivity contribution in [3.8, 4) is 0 Å². The van der Waals surface area contributed by atoms with E-state index < -0.39 is 0 Å². The van der Waals surface area contributed by atoms with E-state index in [9.17, 15) is 0 Å². The van der Waals surface area contributed by atoms with Crippen molar-refractivity contribution in [2.75, 3.05) is 26.7 Å². The molecule has 0 radical (unpaired) electrons. The van der Waals surface area contributed by atoms with Gasteiger partial charge in [0.25, 0.3) is 0 Å². The summed E-state index contributed by atoms with van der Waals surface area (Å²) in [4.78, 5) is 2.52. The van der Waals surface area contributed by atoms with Gasteiger partial charge in [0.15, 0.2) is 0 Å². The van der Waals surface area contributed by atoms with Crippen LogP contribution in [-0.2, 0) is 12.8 Å². The zero-order chi connectivity index (χ0) is 16.4. The van der Waals surface area contributed by atoms with Gasteiger partial charge < -0.3 is 14.6 Å². The van der Waals surface area contributed by atoms with Crippen molar-refractivity contribution in [2.45, 2.75) is 63.3 Å². The van der Waals surface area contributed by atoms with Crippen molar-refractivity contribution in [3.63, 3.8) is 0 Å². The quantitative estimate of drug-likeness (QED) is 0.835. The lowest BCUT2D eigenvalue weighted by atomic mass is 9.82. The summed E-state index contributed by atoms with van der Waals surface area (Å²) in [5.41, 5.74) is 1.50. The van der Waals surface area contributed by atoms with Crippen LogP contribution in [0.2, 0.25) is 0 Å². The van der Waals surface area contributed by atoms with Gasteiger partial charge in [0, 0.05) is 24.9 Å². The Hall–Kier alpha value is -1.06. The fraction of sp³-hybridized carbons (Fsp3) is 0.714. The number of allylic oxidation sites excluding steroid dienone is 2. The summed E-state index contributed by atoms with van der Waals surface area (Å²) >= 11 is 0. The highest BCUT2D eigenvalue weighted by Gasteiger charge is 2.30. The molecule has 1 saturated heterocycles. The molecule has 1 aromatic heterocycles. The largest absolute Gasteiger partial charge is 0.465 e. The van der Waals surface area contributed by atoms with E-state index in [-0.39, 0.29) is 0 Å². The molecule has 4 rings (SSSR count). The lowest BCUT2D eigenvalue weighted by molar-refractivity contribution is 0.205. The Morgan fingerprint density at radius 3 is 3.04 bits per heavy atom. The first-order chi connectivity index (χ1) is 11.8. The van der Waals surface area contributed by atoms with Gasteiger partial charge in [-0.25, -0.2) is 0 Å². The molecule has 1 aliphatic heterocycles. The van der Waals surface area contributed by atoms with E-state index in [2.05, 4.69) is 35.5 Å². The first-order valence-corrected chi connectivity index (χ1v) is 9.98. The summed E-state index contributed by atoms with van der Waals surface area (Å²) in [7, 11) is 2.28. The summed E-state index contributed by atoms with van der Waals surface area (Å²) in [6.45, 7) is 3.63. The van der Waals surface area contributed by atoms with Crippen molar-refractivity contribution >= 4 is 0 Å². The molecule has 132 valence electrons. The van der Waals surface area contributed by atoms with Crippen LogP contribution < -0.4 is 5.32 Å². The molecular formula is C21H32N2O. The summed E-state index contributed by atoms with van der Waals surface area (Å²) in [5, 5.41) is 3.84. The van der Waals surface area contributed by atoms with Gasteiger partial charge >= 0.3 is 0 Å². The molecule has 1 aromatic rings. The molecule has 2 aliphatic carbocycles. The number of hydrogen-bond donors (Lipinski definition) is 1. The van der Waals surface area contributed by atoms with Crippen molar-refractivity contribution in [1.82, 2.24) is 10.2 Å². The molecule has 3 heteroatoms. The molecule has 2 heterocycles. The molecule has 3 atom stereocenters. The van der Waals surface area contributed by atoms with Crippen LogP contribution in [-0.4, -0.2) is 37.6 Å². The molecule has 0 amide bonds. The van der Waals surface area contributed by atoms with E-state index in [0.717, 1.165) is 18.8 Å². The number of nitrogens with one attached hydrogen (secondary N) is 1. The number of likely N-dealkylation sites (N-methyl/N-ethyl adjacent to an activating group) is 1. The monoisotopic (exact) mass is 328 g/mol. The van der Waals surface area contributed by atoms with Gasteiger partial charge in [0.05, 0.1) is 0 Å². The molecule has 0 bridgehead atoms. The van der Waals surface area contributed by atoms with Crippen LogP contribution in [0.5, 0.6) is 0 Å². The fourth-order valence-corrected chi connectivity index (χ4v) is 4.77. The Balaban J connectivity index is 1.44. The Morgan fingerprint density at radius 2 is 2.17 bits per heavy atom. The van der Waals surface area contributed by atoms with Crippen LogP contribution >= 0.6 is 0 Å².